The molecule has 0 aliphatic carbocycles. The van der Waals surface area contributed by atoms with Crippen molar-refractivity contribution in [2.24, 2.45) is 0 Å². The van der Waals surface area contributed by atoms with Crippen LogP contribution in [0.4, 0.5) is 0 Å². The number of hydrogen-bond donors (Lipinski definition) is 11. The molecule has 326 valence electrons. The fourth-order valence-corrected chi connectivity index (χ4v) is 7.04. The second-order valence-electron chi connectivity index (χ2n) is 14.8. The third kappa shape index (κ3) is 8.79. The lowest BCUT2D eigenvalue weighted by atomic mass is 9.97. The van der Waals surface area contributed by atoms with Crippen LogP contribution < -0.4 is 19.6 Å². The standard InChI is InChI=1S/C39H50O20/c1-14(2)5-10-18-20(54-38-30(49)27(46)24(43)21(12-40)55-38)11-19(42)23-26(45)36(34(57-35(18)23)16-6-8-17(52-4)9-7-16)59-37-32(51)29(48)33(15(3)53-37)58-39-31(50)28(47)25(44)22(13-41)56-39/h5-9,11,15,21-22,24-25,27-33,37-44,46-51H,10,12-13H2,1-4H3/t15-,21+,22+,24+,25+,27-,28-,29-,30+,31+,32+,33-,37-,38+,39-/m0/s1. The second kappa shape index (κ2) is 18.3. The SMILES string of the molecule is COc1ccc(-c2oc3c(CC=C(C)C)c(O[C@@H]4O[C@H](CO)[C@@H](O)[C@H](O)[C@H]4O)cc(O)c3c(=O)c2O[C@@H]2O[C@@H](C)[C@H](O[C@@H]3O[C@H](CO)[C@@H](O)[C@H](O)[C@H]3O)[C@@H](O)[C@H]2O)cc1. The van der Waals surface area contributed by atoms with Crippen molar-refractivity contribution in [1.29, 1.82) is 0 Å². The molecule has 20 heteroatoms. The van der Waals surface area contributed by atoms with Crippen molar-refractivity contribution in [3.63, 3.8) is 0 Å². The largest absolute Gasteiger partial charge is 0.507 e. The summed E-state index contributed by atoms with van der Waals surface area (Å²) in [5.41, 5.74) is 0.0328. The highest BCUT2D eigenvalue weighted by Gasteiger charge is 2.51. The van der Waals surface area contributed by atoms with E-state index in [1.165, 1.54) is 26.2 Å². The number of hydrogen-bond acceptors (Lipinski definition) is 20. The third-order valence-corrected chi connectivity index (χ3v) is 10.5. The molecule has 3 aromatic rings. The summed E-state index contributed by atoms with van der Waals surface area (Å²) in [6.07, 6.45) is -23.0. The number of ether oxygens (including phenoxy) is 7. The number of methoxy groups -OCH3 is 1. The van der Waals surface area contributed by atoms with Gasteiger partial charge < -0.3 is 93.7 Å². The van der Waals surface area contributed by atoms with Crippen molar-refractivity contribution in [1.82, 2.24) is 0 Å². The summed E-state index contributed by atoms with van der Waals surface area (Å²) in [5, 5.41) is 115. The van der Waals surface area contributed by atoms with Gasteiger partial charge in [-0.1, -0.05) is 11.6 Å². The van der Waals surface area contributed by atoms with Crippen LogP contribution in [0.3, 0.4) is 0 Å². The zero-order valence-corrected chi connectivity index (χ0v) is 32.3. The van der Waals surface area contributed by atoms with E-state index in [0.717, 1.165) is 11.6 Å². The minimum Gasteiger partial charge on any atom is -0.507 e. The zero-order chi connectivity index (χ0) is 43.0. The van der Waals surface area contributed by atoms with Gasteiger partial charge in [-0.3, -0.25) is 4.79 Å². The Balaban J connectivity index is 1.41. The predicted molar refractivity (Wildman–Crippen MR) is 199 cm³/mol. The highest BCUT2D eigenvalue weighted by molar-refractivity contribution is 5.91. The molecule has 0 unspecified atom stereocenters. The normalized spacial score (nSPS) is 35.0. The zero-order valence-electron chi connectivity index (χ0n) is 32.3. The summed E-state index contributed by atoms with van der Waals surface area (Å²) in [5.74, 6) is -1.25. The molecule has 3 fully saturated rings. The maximum absolute atomic E-state index is 14.6. The quantitative estimate of drug-likeness (QED) is 0.0870. The number of rotatable bonds is 12. The van der Waals surface area contributed by atoms with E-state index in [2.05, 4.69) is 0 Å². The fraction of sp³-hybridized carbons (Fsp3) is 0.564. The molecule has 0 bridgehead atoms. The van der Waals surface area contributed by atoms with Gasteiger partial charge in [0, 0.05) is 17.2 Å². The van der Waals surface area contributed by atoms with Crippen LogP contribution in [0.25, 0.3) is 22.3 Å². The molecular formula is C39H50O20. The number of benzene rings is 2. The van der Waals surface area contributed by atoms with Gasteiger partial charge in [-0.25, -0.2) is 0 Å². The summed E-state index contributed by atoms with van der Waals surface area (Å²) >= 11 is 0. The van der Waals surface area contributed by atoms with Crippen molar-refractivity contribution in [3.05, 3.63) is 57.8 Å². The van der Waals surface area contributed by atoms with Crippen LogP contribution in [-0.2, 0) is 25.4 Å². The molecule has 0 spiro atoms. The van der Waals surface area contributed by atoms with Crippen molar-refractivity contribution >= 4 is 11.0 Å². The van der Waals surface area contributed by atoms with Crippen LogP contribution >= 0.6 is 0 Å². The lowest BCUT2D eigenvalue weighted by Gasteiger charge is -2.45. The highest BCUT2D eigenvalue weighted by atomic mass is 16.7. The van der Waals surface area contributed by atoms with Gasteiger partial charge in [-0.15, -0.1) is 0 Å². The average Bonchev–Trinajstić information content (AvgIpc) is 3.21. The minimum absolute atomic E-state index is 0.0149. The lowest BCUT2D eigenvalue weighted by molar-refractivity contribution is -0.348. The molecule has 15 atom stereocenters. The summed E-state index contributed by atoms with van der Waals surface area (Å²) in [7, 11) is 1.44. The van der Waals surface area contributed by atoms with Gasteiger partial charge in [0.15, 0.2) is 12.1 Å². The topological polar surface area (TPSA) is 317 Å². The molecule has 0 amide bonds. The Hall–Kier alpha value is -3.97. The van der Waals surface area contributed by atoms with E-state index in [4.69, 9.17) is 37.6 Å². The smallest absolute Gasteiger partial charge is 0.239 e. The van der Waals surface area contributed by atoms with Gasteiger partial charge in [0.1, 0.15) is 95.4 Å². The van der Waals surface area contributed by atoms with Gasteiger partial charge >= 0.3 is 0 Å². The summed E-state index contributed by atoms with van der Waals surface area (Å²) in [6.45, 7) is 3.53. The maximum Gasteiger partial charge on any atom is 0.239 e. The van der Waals surface area contributed by atoms with Crippen molar-refractivity contribution < 1.29 is 93.7 Å². The molecule has 4 heterocycles. The van der Waals surface area contributed by atoms with Gasteiger partial charge in [0.2, 0.25) is 23.8 Å². The van der Waals surface area contributed by atoms with Crippen LogP contribution in [0.15, 0.2) is 51.2 Å². The minimum atomic E-state index is -1.96. The predicted octanol–water partition coefficient (Wildman–Crippen LogP) is -2.11. The highest BCUT2D eigenvalue weighted by Crippen LogP contribution is 2.42. The average molecular weight is 839 g/mol. The summed E-state index contributed by atoms with van der Waals surface area (Å²) in [4.78, 5) is 14.6. The van der Waals surface area contributed by atoms with Crippen LogP contribution in [-0.4, -0.2) is 169 Å². The monoisotopic (exact) mass is 838 g/mol. The molecule has 3 aliphatic heterocycles. The number of aliphatic hydroxyl groups excluding tert-OH is 10. The number of phenolic OH excluding ortho intramolecular Hbond substituents is 1. The second-order valence-corrected chi connectivity index (χ2v) is 14.8. The first-order valence-electron chi connectivity index (χ1n) is 18.8. The Morgan fingerprint density at radius 1 is 0.746 bits per heavy atom. The summed E-state index contributed by atoms with van der Waals surface area (Å²) < 4.78 is 46.2. The number of phenols is 1. The van der Waals surface area contributed by atoms with Gasteiger partial charge in [0.05, 0.1) is 26.4 Å². The molecule has 59 heavy (non-hydrogen) atoms. The number of aromatic hydroxyl groups is 1. The Bertz CT molecular complexity index is 1990. The molecule has 0 saturated carbocycles. The molecule has 3 saturated heterocycles. The molecular weight excluding hydrogens is 788 g/mol. The van der Waals surface area contributed by atoms with Gasteiger partial charge in [0.25, 0.3) is 0 Å². The fourth-order valence-electron chi connectivity index (χ4n) is 7.04. The molecule has 3 aliphatic rings. The van der Waals surface area contributed by atoms with E-state index in [1.54, 1.807) is 32.1 Å². The number of allylic oxidation sites excluding steroid dienone is 2. The third-order valence-electron chi connectivity index (χ3n) is 10.5. The first kappa shape index (κ1) is 44.6. The maximum atomic E-state index is 14.6. The Morgan fingerprint density at radius 3 is 1.88 bits per heavy atom. The first-order valence-corrected chi connectivity index (χ1v) is 18.8. The van der Waals surface area contributed by atoms with Crippen molar-refractivity contribution in [3.8, 4) is 34.3 Å². The molecule has 2 aromatic carbocycles. The van der Waals surface area contributed by atoms with Crippen LogP contribution in [0.2, 0.25) is 0 Å². The Kier molecular flexibility index (Phi) is 13.9. The van der Waals surface area contributed by atoms with Crippen LogP contribution in [0.5, 0.6) is 23.0 Å². The van der Waals surface area contributed by atoms with Crippen LogP contribution in [0, 0.1) is 0 Å². The van der Waals surface area contributed by atoms with E-state index >= 15 is 0 Å². The van der Waals surface area contributed by atoms with E-state index in [9.17, 15) is 61.0 Å². The van der Waals surface area contributed by atoms with Gasteiger partial charge in [-0.05, 0) is 51.5 Å². The molecule has 20 nitrogen and oxygen atoms in total. The van der Waals surface area contributed by atoms with E-state index in [0.29, 0.717) is 5.75 Å². The van der Waals surface area contributed by atoms with Gasteiger partial charge in [-0.2, -0.15) is 0 Å². The van der Waals surface area contributed by atoms with Crippen molar-refractivity contribution in [2.75, 3.05) is 20.3 Å². The van der Waals surface area contributed by atoms with E-state index in [1.807, 2.05) is 0 Å². The van der Waals surface area contributed by atoms with Crippen molar-refractivity contribution in [2.45, 2.75) is 119 Å². The summed E-state index contributed by atoms with van der Waals surface area (Å²) in [6, 6.07) is 7.22. The number of aliphatic hydroxyl groups is 10. The number of fused-ring (bicyclic) bond motifs is 1. The first-order chi connectivity index (χ1) is 28.0. The Morgan fingerprint density at radius 2 is 1.31 bits per heavy atom. The van der Waals surface area contributed by atoms with E-state index < -0.39 is 128 Å². The molecule has 1 aromatic heterocycles. The lowest BCUT2D eigenvalue weighted by Crippen LogP contribution is -2.64. The van der Waals surface area contributed by atoms with Crippen LogP contribution in [0.1, 0.15) is 26.3 Å². The molecule has 0 radical (unpaired) electrons. The van der Waals surface area contributed by atoms with E-state index in [-0.39, 0.29) is 34.6 Å². The molecule has 11 N–H and O–H groups in total. The Labute approximate surface area is 336 Å². The molecule has 6 rings (SSSR count).